The van der Waals surface area contributed by atoms with Crippen molar-refractivity contribution in [2.75, 3.05) is 11.9 Å². The number of hydrogen-bond donors (Lipinski definition) is 1. The number of aryl methyl sites for hydroxylation is 1. The Kier molecular flexibility index (Phi) is 5.80. The van der Waals surface area contributed by atoms with Gasteiger partial charge < -0.3 is 14.8 Å². The third-order valence-corrected chi connectivity index (χ3v) is 3.17. The molecule has 0 fully saturated rings. The quantitative estimate of drug-likeness (QED) is 0.787. The van der Waals surface area contributed by atoms with Gasteiger partial charge in [-0.3, -0.25) is 4.79 Å². The lowest BCUT2D eigenvalue weighted by atomic mass is 10.2. The van der Waals surface area contributed by atoms with Gasteiger partial charge in [0.15, 0.2) is 6.10 Å². The highest BCUT2D eigenvalue weighted by Gasteiger charge is 2.15. The molecule has 0 heterocycles. The number of carbonyl (C=O) groups excluding carboxylic acids is 1. The van der Waals surface area contributed by atoms with Gasteiger partial charge in [-0.15, -0.1) is 0 Å². The van der Waals surface area contributed by atoms with Crippen LogP contribution in [0.15, 0.2) is 61.2 Å². The van der Waals surface area contributed by atoms with Gasteiger partial charge in [-0.25, -0.2) is 0 Å². The number of nitrogens with one attached hydrogen (secondary N) is 1. The molecule has 0 aliphatic heterocycles. The second-order valence-corrected chi connectivity index (χ2v) is 5.19. The predicted octanol–water partition coefficient (Wildman–Crippen LogP) is 3.97. The van der Waals surface area contributed by atoms with Crippen molar-refractivity contribution >= 4 is 11.6 Å². The summed E-state index contributed by atoms with van der Waals surface area (Å²) in [6.45, 7) is 7.74. The highest BCUT2D eigenvalue weighted by atomic mass is 16.5. The lowest BCUT2D eigenvalue weighted by Crippen LogP contribution is -2.30. The van der Waals surface area contributed by atoms with E-state index in [1.807, 2.05) is 43.3 Å². The number of anilines is 1. The molecule has 1 amide bonds. The minimum Gasteiger partial charge on any atom is -0.489 e. The molecule has 0 radical (unpaired) electrons. The minimum absolute atomic E-state index is 0.216. The van der Waals surface area contributed by atoms with Gasteiger partial charge in [0.2, 0.25) is 0 Å². The van der Waals surface area contributed by atoms with Crippen molar-refractivity contribution in [1.82, 2.24) is 0 Å². The summed E-state index contributed by atoms with van der Waals surface area (Å²) in [5.41, 5.74) is 1.81. The van der Waals surface area contributed by atoms with E-state index >= 15 is 0 Å². The molecule has 0 aliphatic carbocycles. The van der Waals surface area contributed by atoms with Crippen LogP contribution in [0, 0.1) is 6.92 Å². The van der Waals surface area contributed by atoms with Crippen LogP contribution in [0.4, 0.5) is 5.69 Å². The van der Waals surface area contributed by atoms with Crippen molar-refractivity contribution in [3.63, 3.8) is 0 Å². The standard InChI is InChI=1S/C19H21NO3/c1-4-12-22-18-7-5-6-16(13-18)20-19(21)15(3)23-17-10-8-14(2)9-11-17/h4-11,13,15H,1,12H2,2-3H3,(H,20,21). The number of carbonyl (C=O) groups is 1. The summed E-state index contributed by atoms with van der Waals surface area (Å²) in [6.07, 6.45) is 1.07. The van der Waals surface area contributed by atoms with Gasteiger partial charge in [0.1, 0.15) is 18.1 Å². The van der Waals surface area contributed by atoms with Crippen LogP contribution >= 0.6 is 0 Å². The average molecular weight is 311 g/mol. The molecule has 23 heavy (non-hydrogen) atoms. The zero-order chi connectivity index (χ0) is 16.7. The molecule has 1 N–H and O–H groups in total. The Hall–Kier alpha value is -2.75. The van der Waals surface area contributed by atoms with Crippen molar-refractivity contribution < 1.29 is 14.3 Å². The zero-order valence-corrected chi connectivity index (χ0v) is 13.4. The van der Waals surface area contributed by atoms with Crippen molar-refractivity contribution in [1.29, 1.82) is 0 Å². The van der Waals surface area contributed by atoms with Crippen LogP contribution in [-0.4, -0.2) is 18.6 Å². The van der Waals surface area contributed by atoms with Crippen LogP contribution < -0.4 is 14.8 Å². The summed E-state index contributed by atoms with van der Waals surface area (Å²) in [6, 6.07) is 14.8. The molecule has 0 spiro atoms. The van der Waals surface area contributed by atoms with Gasteiger partial charge >= 0.3 is 0 Å². The molecule has 1 unspecified atom stereocenters. The Morgan fingerprint density at radius 1 is 1.22 bits per heavy atom. The number of benzene rings is 2. The molecule has 1 atom stereocenters. The maximum atomic E-state index is 12.2. The number of amides is 1. The van der Waals surface area contributed by atoms with Crippen molar-refractivity contribution in [3.8, 4) is 11.5 Å². The first-order chi connectivity index (χ1) is 11.1. The van der Waals surface area contributed by atoms with Crippen LogP contribution in [0.2, 0.25) is 0 Å². The van der Waals surface area contributed by atoms with E-state index in [0.717, 1.165) is 5.56 Å². The average Bonchev–Trinajstić information content (AvgIpc) is 2.55. The van der Waals surface area contributed by atoms with Crippen molar-refractivity contribution in [2.45, 2.75) is 20.0 Å². The normalized spacial score (nSPS) is 11.4. The summed E-state index contributed by atoms with van der Waals surface area (Å²) >= 11 is 0. The number of hydrogen-bond acceptors (Lipinski definition) is 3. The fraction of sp³-hybridized carbons (Fsp3) is 0.211. The molecule has 0 saturated carbocycles. The Balaban J connectivity index is 1.95. The van der Waals surface area contributed by atoms with Gasteiger partial charge in [0, 0.05) is 11.8 Å². The molecule has 0 saturated heterocycles. The Morgan fingerprint density at radius 3 is 2.65 bits per heavy atom. The van der Waals surface area contributed by atoms with E-state index in [1.165, 1.54) is 0 Å². The van der Waals surface area contributed by atoms with Gasteiger partial charge in [-0.1, -0.05) is 36.4 Å². The molecule has 4 heteroatoms. The molecule has 0 aromatic heterocycles. The summed E-state index contributed by atoms with van der Waals surface area (Å²) in [7, 11) is 0. The predicted molar refractivity (Wildman–Crippen MR) is 92.0 cm³/mol. The first-order valence-electron chi connectivity index (χ1n) is 7.46. The van der Waals surface area contributed by atoms with Crippen LogP contribution in [0.25, 0.3) is 0 Å². The van der Waals surface area contributed by atoms with Crippen LogP contribution in [-0.2, 0) is 4.79 Å². The van der Waals surface area contributed by atoms with Crippen molar-refractivity contribution in [3.05, 3.63) is 66.7 Å². The first kappa shape index (κ1) is 16.6. The fourth-order valence-electron chi connectivity index (χ4n) is 1.94. The van der Waals surface area contributed by atoms with Gasteiger partial charge in [-0.05, 0) is 38.1 Å². The van der Waals surface area contributed by atoms with Gasteiger partial charge in [-0.2, -0.15) is 0 Å². The lowest BCUT2D eigenvalue weighted by molar-refractivity contribution is -0.122. The molecule has 2 aromatic rings. The largest absolute Gasteiger partial charge is 0.489 e. The Bertz CT molecular complexity index is 665. The van der Waals surface area contributed by atoms with E-state index in [2.05, 4.69) is 11.9 Å². The van der Waals surface area contributed by atoms with E-state index in [-0.39, 0.29) is 5.91 Å². The zero-order valence-electron chi connectivity index (χ0n) is 13.4. The molecular weight excluding hydrogens is 290 g/mol. The van der Waals surface area contributed by atoms with Crippen molar-refractivity contribution in [2.24, 2.45) is 0 Å². The molecule has 2 rings (SSSR count). The second kappa shape index (κ2) is 8.03. The van der Waals surface area contributed by atoms with Gasteiger partial charge in [0.05, 0.1) is 0 Å². The highest BCUT2D eigenvalue weighted by molar-refractivity contribution is 5.94. The fourth-order valence-corrected chi connectivity index (χ4v) is 1.94. The smallest absolute Gasteiger partial charge is 0.265 e. The van der Waals surface area contributed by atoms with Gasteiger partial charge in [0.25, 0.3) is 5.91 Å². The highest BCUT2D eigenvalue weighted by Crippen LogP contribution is 2.18. The summed E-state index contributed by atoms with van der Waals surface area (Å²) < 4.78 is 11.1. The Morgan fingerprint density at radius 2 is 1.96 bits per heavy atom. The number of ether oxygens (including phenoxy) is 2. The monoisotopic (exact) mass is 311 g/mol. The third kappa shape index (κ3) is 5.18. The summed E-state index contributed by atoms with van der Waals surface area (Å²) in [5.74, 6) is 1.13. The van der Waals surface area contributed by atoms with E-state index in [0.29, 0.717) is 23.8 Å². The Labute approximate surface area is 136 Å². The molecule has 2 aromatic carbocycles. The van der Waals surface area contributed by atoms with Crippen LogP contribution in [0.3, 0.4) is 0 Å². The third-order valence-electron chi connectivity index (χ3n) is 3.17. The summed E-state index contributed by atoms with van der Waals surface area (Å²) in [5, 5.41) is 2.82. The second-order valence-electron chi connectivity index (χ2n) is 5.19. The molecule has 0 bridgehead atoms. The lowest BCUT2D eigenvalue weighted by Gasteiger charge is -2.15. The maximum absolute atomic E-state index is 12.2. The molecular formula is C19H21NO3. The van der Waals surface area contributed by atoms with E-state index in [9.17, 15) is 4.79 Å². The molecule has 4 nitrogen and oxygen atoms in total. The molecule has 0 aliphatic rings. The van der Waals surface area contributed by atoms with E-state index in [4.69, 9.17) is 9.47 Å². The van der Waals surface area contributed by atoms with E-state index in [1.54, 1.807) is 25.1 Å². The number of rotatable bonds is 7. The van der Waals surface area contributed by atoms with Crippen LogP contribution in [0.1, 0.15) is 12.5 Å². The topological polar surface area (TPSA) is 47.6 Å². The maximum Gasteiger partial charge on any atom is 0.265 e. The first-order valence-corrected chi connectivity index (χ1v) is 7.46. The minimum atomic E-state index is -0.601. The molecule has 120 valence electrons. The van der Waals surface area contributed by atoms with Crippen LogP contribution in [0.5, 0.6) is 11.5 Å². The SMILES string of the molecule is C=CCOc1cccc(NC(=O)C(C)Oc2ccc(C)cc2)c1. The summed E-state index contributed by atoms with van der Waals surface area (Å²) in [4.78, 5) is 12.2. The van der Waals surface area contributed by atoms with E-state index < -0.39 is 6.10 Å².